The molecule has 0 atom stereocenters. The van der Waals surface area contributed by atoms with Gasteiger partial charge in [-0.05, 0) is 42.0 Å². The molecule has 0 radical (unpaired) electrons. The first-order valence-electron chi connectivity index (χ1n) is 9.55. The first kappa shape index (κ1) is 18.9. The van der Waals surface area contributed by atoms with Gasteiger partial charge in [-0.3, -0.25) is 4.57 Å². The Hall–Kier alpha value is -3.09. The second-order valence-corrected chi connectivity index (χ2v) is 8.25. The average Bonchev–Trinajstić information content (AvgIpc) is 3.37. The van der Waals surface area contributed by atoms with Crippen LogP contribution in [0.4, 0.5) is 0 Å². The van der Waals surface area contributed by atoms with Gasteiger partial charge in [-0.25, -0.2) is 4.98 Å². The minimum Gasteiger partial charge on any atom is -0.307 e. The predicted molar refractivity (Wildman–Crippen MR) is 121 cm³/mol. The van der Waals surface area contributed by atoms with Crippen molar-refractivity contribution in [3.8, 4) is 11.4 Å². The fraction of sp³-hybridized carbons (Fsp3) is 0.0870. The molecule has 0 aliphatic rings. The molecule has 0 unspecified atom stereocenters. The Morgan fingerprint density at radius 2 is 1.67 bits per heavy atom. The topological polar surface area (TPSA) is 48.0 Å². The van der Waals surface area contributed by atoms with Crippen LogP contribution >= 0.6 is 23.4 Å². The number of hydrogen-bond donors (Lipinski definition) is 0. The lowest BCUT2D eigenvalue weighted by Gasteiger charge is -2.10. The number of hydrogen-bond acceptors (Lipinski definition) is 4. The molecule has 0 saturated heterocycles. The molecule has 0 spiro atoms. The van der Waals surface area contributed by atoms with Crippen LogP contribution in [0, 0.1) is 0 Å². The molecule has 3 heterocycles. The summed E-state index contributed by atoms with van der Waals surface area (Å²) < 4.78 is 4.18. The largest absolute Gasteiger partial charge is 0.307 e. The van der Waals surface area contributed by atoms with Gasteiger partial charge in [-0.15, -0.1) is 10.2 Å². The summed E-state index contributed by atoms with van der Waals surface area (Å²) in [5.74, 6) is 1.54. The van der Waals surface area contributed by atoms with Crippen LogP contribution in [-0.2, 0) is 12.3 Å². The van der Waals surface area contributed by atoms with E-state index in [1.807, 2.05) is 71.3 Å². The second-order valence-electron chi connectivity index (χ2n) is 6.87. The van der Waals surface area contributed by atoms with Crippen molar-refractivity contribution in [3.05, 3.63) is 101 Å². The predicted octanol–water partition coefficient (Wildman–Crippen LogP) is 5.59. The van der Waals surface area contributed by atoms with Crippen molar-refractivity contribution in [1.82, 2.24) is 24.1 Å². The monoisotopic (exact) mass is 431 g/mol. The lowest BCUT2D eigenvalue weighted by Crippen LogP contribution is -2.04. The van der Waals surface area contributed by atoms with E-state index in [1.165, 1.54) is 5.56 Å². The number of benzene rings is 2. The number of pyridine rings is 1. The van der Waals surface area contributed by atoms with Gasteiger partial charge in [0.05, 0.1) is 12.2 Å². The molecule has 2 aromatic carbocycles. The minimum absolute atomic E-state index is 0.694. The fourth-order valence-electron chi connectivity index (χ4n) is 3.31. The Morgan fingerprint density at radius 3 is 2.47 bits per heavy atom. The Bertz CT molecular complexity index is 1250. The molecule has 0 fully saturated rings. The maximum Gasteiger partial charge on any atom is 0.192 e. The maximum absolute atomic E-state index is 6.07. The molecule has 0 aliphatic carbocycles. The van der Waals surface area contributed by atoms with Gasteiger partial charge in [0.1, 0.15) is 5.65 Å². The average molecular weight is 432 g/mol. The standard InChI is InChI=1S/C23H18ClN5S/c24-19-11-9-18(10-12-19)22-26-27-23(29(22)14-17-6-2-1-3-7-17)30-16-20-15-28-13-5-4-8-21(28)25-20/h1-13,15H,14,16H2. The summed E-state index contributed by atoms with van der Waals surface area (Å²) in [6, 6.07) is 24.0. The summed E-state index contributed by atoms with van der Waals surface area (Å²) >= 11 is 7.71. The molecule has 0 N–H and O–H groups in total. The summed E-state index contributed by atoms with van der Waals surface area (Å²) in [4.78, 5) is 4.69. The Morgan fingerprint density at radius 1 is 0.867 bits per heavy atom. The fourth-order valence-corrected chi connectivity index (χ4v) is 4.26. The summed E-state index contributed by atoms with van der Waals surface area (Å²) in [5, 5.41) is 10.5. The number of fused-ring (bicyclic) bond motifs is 1. The van der Waals surface area contributed by atoms with Crippen molar-refractivity contribution in [2.75, 3.05) is 0 Å². The normalized spacial score (nSPS) is 11.2. The van der Waals surface area contributed by atoms with E-state index in [1.54, 1.807) is 11.8 Å². The number of imidazole rings is 1. The Balaban J connectivity index is 1.46. The van der Waals surface area contributed by atoms with Crippen LogP contribution in [0.1, 0.15) is 11.3 Å². The third kappa shape index (κ3) is 3.97. The zero-order valence-corrected chi connectivity index (χ0v) is 17.6. The lowest BCUT2D eigenvalue weighted by molar-refractivity contribution is 0.714. The van der Waals surface area contributed by atoms with Gasteiger partial charge in [0.15, 0.2) is 11.0 Å². The van der Waals surface area contributed by atoms with Crippen LogP contribution in [0.2, 0.25) is 5.02 Å². The van der Waals surface area contributed by atoms with Gasteiger partial charge in [-0.1, -0.05) is 59.8 Å². The number of rotatable bonds is 6. The van der Waals surface area contributed by atoms with Crippen molar-refractivity contribution in [1.29, 1.82) is 0 Å². The van der Waals surface area contributed by atoms with Gasteiger partial charge in [-0.2, -0.15) is 0 Å². The molecule has 30 heavy (non-hydrogen) atoms. The lowest BCUT2D eigenvalue weighted by atomic mass is 10.2. The maximum atomic E-state index is 6.07. The summed E-state index contributed by atoms with van der Waals surface area (Å²) in [6.45, 7) is 0.694. The van der Waals surface area contributed by atoms with Crippen LogP contribution in [0.15, 0.2) is 90.3 Å². The highest BCUT2D eigenvalue weighted by Crippen LogP contribution is 2.28. The molecule has 3 aromatic heterocycles. The number of nitrogens with zero attached hydrogens (tertiary/aromatic N) is 5. The first-order valence-corrected chi connectivity index (χ1v) is 10.9. The van der Waals surface area contributed by atoms with Crippen LogP contribution in [-0.4, -0.2) is 24.1 Å². The number of thioether (sulfide) groups is 1. The first-order chi connectivity index (χ1) is 14.8. The molecule has 0 aliphatic heterocycles. The zero-order chi connectivity index (χ0) is 20.3. The number of halogens is 1. The molecule has 0 saturated carbocycles. The molecule has 0 amide bonds. The zero-order valence-electron chi connectivity index (χ0n) is 16.0. The quantitative estimate of drug-likeness (QED) is 0.329. The summed E-state index contributed by atoms with van der Waals surface area (Å²) in [6.07, 6.45) is 4.06. The molecule has 5 nitrogen and oxygen atoms in total. The van der Waals surface area contributed by atoms with E-state index >= 15 is 0 Å². The van der Waals surface area contributed by atoms with Crippen molar-refractivity contribution in [2.24, 2.45) is 0 Å². The van der Waals surface area contributed by atoms with E-state index in [9.17, 15) is 0 Å². The Kier molecular flexibility index (Phi) is 5.26. The van der Waals surface area contributed by atoms with Crippen LogP contribution in [0.25, 0.3) is 17.0 Å². The van der Waals surface area contributed by atoms with E-state index in [-0.39, 0.29) is 0 Å². The van der Waals surface area contributed by atoms with E-state index in [4.69, 9.17) is 11.6 Å². The second kappa shape index (κ2) is 8.34. The molecular formula is C23H18ClN5S. The van der Waals surface area contributed by atoms with Crippen molar-refractivity contribution in [2.45, 2.75) is 17.5 Å². The highest BCUT2D eigenvalue weighted by atomic mass is 35.5. The van der Waals surface area contributed by atoms with E-state index in [0.29, 0.717) is 11.6 Å². The minimum atomic E-state index is 0.694. The van der Waals surface area contributed by atoms with Crippen LogP contribution < -0.4 is 0 Å². The smallest absolute Gasteiger partial charge is 0.192 e. The van der Waals surface area contributed by atoms with Gasteiger partial charge >= 0.3 is 0 Å². The van der Waals surface area contributed by atoms with Crippen molar-refractivity contribution in [3.63, 3.8) is 0 Å². The number of aromatic nitrogens is 5. The third-order valence-electron chi connectivity index (χ3n) is 4.77. The van der Waals surface area contributed by atoms with E-state index in [0.717, 1.165) is 33.6 Å². The van der Waals surface area contributed by atoms with Gasteiger partial charge in [0.2, 0.25) is 0 Å². The molecule has 148 valence electrons. The van der Waals surface area contributed by atoms with Crippen LogP contribution in [0.3, 0.4) is 0 Å². The Labute approximate surface area is 183 Å². The van der Waals surface area contributed by atoms with Crippen molar-refractivity contribution >= 4 is 29.0 Å². The van der Waals surface area contributed by atoms with Crippen molar-refractivity contribution < 1.29 is 0 Å². The third-order valence-corrected chi connectivity index (χ3v) is 6.02. The molecule has 5 aromatic rings. The van der Waals surface area contributed by atoms with Gasteiger partial charge < -0.3 is 4.40 Å². The highest BCUT2D eigenvalue weighted by molar-refractivity contribution is 7.98. The molecule has 7 heteroatoms. The van der Waals surface area contributed by atoms with Gasteiger partial charge in [0, 0.05) is 28.7 Å². The summed E-state index contributed by atoms with van der Waals surface area (Å²) in [7, 11) is 0. The summed E-state index contributed by atoms with van der Waals surface area (Å²) in [5.41, 5.74) is 4.14. The van der Waals surface area contributed by atoms with Crippen LogP contribution in [0.5, 0.6) is 0 Å². The highest BCUT2D eigenvalue weighted by Gasteiger charge is 2.16. The molecular weight excluding hydrogens is 414 g/mol. The molecule has 5 rings (SSSR count). The van der Waals surface area contributed by atoms with E-state index < -0.39 is 0 Å². The van der Waals surface area contributed by atoms with Gasteiger partial charge in [0.25, 0.3) is 0 Å². The SMILES string of the molecule is Clc1ccc(-c2nnc(SCc3cn4ccccc4n3)n2Cc2ccccc2)cc1. The van der Waals surface area contributed by atoms with E-state index in [2.05, 4.69) is 38.1 Å². The molecule has 0 bridgehead atoms.